The van der Waals surface area contributed by atoms with Crippen LogP contribution >= 0.6 is 0 Å². The minimum atomic E-state index is 0.0873. The second-order valence-electron chi connectivity index (χ2n) is 16.2. The maximum Gasteiger partial charge on any atom is 0.0358 e. The van der Waals surface area contributed by atoms with Gasteiger partial charge in [0.1, 0.15) is 0 Å². The van der Waals surface area contributed by atoms with Gasteiger partial charge in [0, 0.05) is 17.8 Å². The van der Waals surface area contributed by atoms with E-state index in [1.165, 1.54) is 116 Å². The molecule has 0 saturated carbocycles. The first kappa shape index (κ1) is 31.2. The fraction of sp³-hybridized carbons (Fsp3) is 0.0526. The predicted molar refractivity (Wildman–Crippen MR) is 237 cm³/mol. The van der Waals surface area contributed by atoms with E-state index in [0.29, 0.717) is 0 Å². The Balaban J connectivity index is 1.20. The van der Waals surface area contributed by atoms with E-state index in [9.17, 15) is 0 Å². The van der Waals surface area contributed by atoms with Crippen molar-refractivity contribution in [2.24, 2.45) is 0 Å². The van der Waals surface area contributed by atoms with Crippen molar-refractivity contribution < 1.29 is 0 Å². The van der Waals surface area contributed by atoms with Crippen molar-refractivity contribution in [3.05, 3.63) is 250 Å². The summed E-state index contributed by atoms with van der Waals surface area (Å²) in [5, 5.41) is 7.69. The van der Waals surface area contributed by atoms with E-state index in [4.69, 9.17) is 0 Å². The molecule has 57 heavy (non-hydrogen) atoms. The molecule has 0 amide bonds. The van der Waals surface area contributed by atoms with Crippen molar-refractivity contribution >= 4 is 32.3 Å². The average molecular weight is 721 g/mol. The highest BCUT2D eigenvalue weighted by atomic mass is 14.5. The molecule has 0 heteroatoms. The Kier molecular flexibility index (Phi) is 6.43. The Morgan fingerprint density at radius 2 is 0.491 bits per heavy atom. The molecule has 10 aromatic carbocycles. The van der Waals surface area contributed by atoms with Crippen LogP contribution in [0.3, 0.4) is 0 Å². The normalized spacial score (nSPS) is 16.9. The number of benzene rings is 10. The SMILES string of the molecule is c1ccc2c(c1)-c1c3c(c4c(c1[C@@H]2c1ccc2ccccc2c1)-c1ccccc1[C@@H]4c1ccc2ccccc2c1)-c1ccccc1[C@H]3c1ccc2ccccc2c1. The smallest absolute Gasteiger partial charge is 0.0358 e. The van der Waals surface area contributed by atoms with Gasteiger partial charge in [-0.05, 0) is 116 Å². The van der Waals surface area contributed by atoms with Crippen LogP contribution in [0.25, 0.3) is 65.7 Å². The lowest BCUT2D eigenvalue weighted by atomic mass is 9.77. The van der Waals surface area contributed by atoms with Gasteiger partial charge in [-0.15, -0.1) is 0 Å². The van der Waals surface area contributed by atoms with Crippen LogP contribution in [0.4, 0.5) is 0 Å². The van der Waals surface area contributed by atoms with E-state index in [2.05, 4.69) is 200 Å². The molecule has 0 saturated heterocycles. The van der Waals surface area contributed by atoms with Gasteiger partial charge >= 0.3 is 0 Å². The summed E-state index contributed by atoms with van der Waals surface area (Å²) in [6, 6.07) is 76.0. The molecule has 13 rings (SSSR count). The van der Waals surface area contributed by atoms with Gasteiger partial charge in [0.15, 0.2) is 0 Å². The Bertz CT molecular complexity index is 2950. The quantitative estimate of drug-likeness (QED) is 0.170. The Hall–Kier alpha value is -7.02. The van der Waals surface area contributed by atoms with Crippen molar-refractivity contribution in [3.8, 4) is 33.4 Å². The van der Waals surface area contributed by atoms with Crippen molar-refractivity contribution in [3.63, 3.8) is 0 Å². The van der Waals surface area contributed by atoms with E-state index in [1.54, 1.807) is 0 Å². The van der Waals surface area contributed by atoms with Crippen molar-refractivity contribution in [1.29, 1.82) is 0 Å². The predicted octanol–water partition coefficient (Wildman–Crippen LogP) is 14.6. The van der Waals surface area contributed by atoms with Crippen LogP contribution in [-0.4, -0.2) is 0 Å². The minimum absolute atomic E-state index is 0.0873. The summed E-state index contributed by atoms with van der Waals surface area (Å²) in [6.07, 6.45) is 0. The van der Waals surface area contributed by atoms with Gasteiger partial charge in [0.05, 0.1) is 0 Å². The molecular formula is C57H36. The molecule has 10 aromatic rings. The zero-order valence-electron chi connectivity index (χ0n) is 31.3. The van der Waals surface area contributed by atoms with Gasteiger partial charge in [-0.2, -0.15) is 0 Å². The van der Waals surface area contributed by atoms with Gasteiger partial charge in [-0.3, -0.25) is 0 Å². The van der Waals surface area contributed by atoms with Crippen molar-refractivity contribution in [2.75, 3.05) is 0 Å². The van der Waals surface area contributed by atoms with Crippen LogP contribution in [0.1, 0.15) is 67.8 Å². The monoisotopic (exact) mass is 720 g/mol. The van der Waals surface area contributed by atoms with Gasteiger partial charge in [-0.25, -0.2) is 0 Å². The van der Waals surface area contributed by atoms with Crippen LogP contribution in [0.15, 0.2) is 200 Å². The molecule has 3 atom stereocenters. The topological polar surface area (TPSA) is 0 Å². The molecule has 0 bridgehead atoms. The van der Waals surface area contributed by atoms with Crippen molar-refractivity contribution in [2.45, 2.75) is 17.8 Å². The third kappa shape index (κ3) is 4.33. The van der Waals surface area contributed by atoms with E-state index in [1.807, 2.05) is 0 Å². The van der Waals surface area contributed by atoms with E-state index >= 15 is 0 Å². The molecular weight excluding hydrogens is 685 g/mol. The van der Waals surface area contributed by atoms with Gasteiger partial charge in [0.25, 0.3) is 0 Å². The number of rotatable bonds is 3. The molecule has 0 unspecified atom stereocenters. The minimum Gasteiger partial charge on any atom is -0.0619 e. The van der Waals surface area contributed by atoms with Crippen molar-refractivity contribution in [1.82, 2.24) is 0 Å². The maximum absolute atomic E-state index is 2.46. The molecule has 0 radical (unpaired) electrons. The van der Waals surface area contributed by atoms with Gasteiger partial charge < -0.3 is 0 Å². The van der Waals surface area contributed by atoms with Crippen LogP contribution in [0.2, 0.25) is 0 Å². The average Bonchev–Trinajstić information content (AvgIpc) is 3.92. The molecule has 3 aliphatic carbocycles. The number of hydrogen-bond acceptors (Lipinski definition) is 0. The fourth-order valence-corrected chi connectivity index (χ4v) is 11.1. The van der Waals surface area contributed by atoms with Crippen LogP contribution in [-0.2, 0) is 0 Å². The van der Waals surface area contributed by atoms with E-state index < -0.39 is 0 Å². The summed E-state index contributed by atoms with van der Waals surface area (Å²) >= 11 is 0. The van der Waals surface area contributed by atoms with Gasteiger partial charge in [0.2, 0.25) is 0 Å². The Labute approximate surface area is 332 Å². The third-order valence-electron chi connectivity index (χ3n) is 13.4. The van der Waals surface area contributed by atoms with Crippen LogP contribution < -0.4 is 0 Å². The second-order valence-corrected chi connectivity index (χ2v) is 16.2. The molecule has 0 aliphatic heterocycles. The molecule has 0 heterocycles. The molecule has 0 aromatic heterocycles. The molecule has 3 aliphatic rings. The number of fused-ring (bicyclic) bond motifs is 15. The van der Waals surface area contributed by atoms with Crippen LogP contribution in [0.5, 0.6) is 0 Å². The van der Waals surface area contributed by atoms with Gasteiger partial charge in [-0.1, -0.05) is 200 Å². The first-order valence-electron chi connectivity index (χ1n) is 20.3. The summed E-state index contributed by atoms with van der Waals surface area (Å²) in [5.41, 5.74) is 21.1. The molecule has 0 nitrogen and oxygen atoms in total. The second kappa shape index (κ2) is 11.7. The van der Waals surface area contributed by atoms with E-state index in [0.717, 1.165) is 0 Å². The molecule has 264 valence electrons. The Morgan fingerprint density at radius 3 is 0.807 bits per heavy atom. The summed E-state index contributed by atoms with van der Waals surface area (Å²) in [6.45, 7) is 0. The fourth-order valence-electron chi connectivity index (χ4n) is 11.1. The highest BCUT2D eigenvalue weighted by Crippen LogP contribution is 2.66. The van der Waals surface area contributed by atoms with E-state index in [-0.39, 0.29) is 17.8 Å². The first-order chi connectivity index (χ1) is 28.3. The lowest BCUT2D eigenvalue weighted by molar-refractivity contribution is 0.981. The zero-order chi connectivity index (χ0) is 37.2. The number of hydrogen-bond donors (Lipinski definition) is 0. The lowest BCUT2D eigenvalue weighted by Gasteiger charge is -2.25. The molecule has 0 fully saturated rings. The standard InChI is InChI=1S/C57H36/c1-4-16-37-31-40(28-25-34(37)13-1)49-43-19-7-10-22-46(43)52-55(49)53-47-23-11-8-20-44(47)50(41-29-26-35-14-2-5-17-38(35)32-41)57(53)54-48-24-12-9-21-45(48)51(56(52)54)42-30-27-36-15-3-6-18-39(36)33-42/h1-33,49-51H/t49-,50-,51+/m1/s1. The largest absolute Gasteiger partial charge is 0.0619 e. The van der Waals surface area contributed by atoms with Crippen LogP contribution in [0, 0.1) is 0 Å². The Morgan fingerprint density at radius 1 is 0.228 bits per heavy atom. The molecule has 0 spiro atoms. The summed E-state index contributed by atoms with van der Waals surface area (Å²) in [7, 11) is 0. The summed E-state index contributed by atoms with van der Waals surface area (Å²) in [5.74, 6) is 0.262. The maximum atomic E-state index is 2.46. The third-order valence-corrected chi connectivity index (χ3v) is 13.4. The summed E-state index contributed by atoms with van der Waals surface area (Å²) < 4.78 is 0. The zero-order valence-corrected chi connectivity index (χ0v) is 31.3. The molecule has 0 N–H and O–H groups in total. The lowest BCUT2D eigenvalue weighted by Crippen LogP contribution is -2.08. The first-order valence-corrected chi connectivity index (χ1v) is 20.3. The summed E-state index contributed by atoms with van der Waals surface area (Å²) in [4.78, 5) is 0. The highest BCUT2D eigenvalue weighted by Gasteiger charge is 2.47. The highest BCUT2D eigenvalue weighted by molar-refractivity contribution is 6.05.